The molecule has 0 saturated carbocycles. The van der Waals surface area contributed by atoms with Crippen molar-refractivity contribution in [1.29, 1.82) is 0 Å². The minimum Gasteiger partial charge on any atom is -0.309 e. The first-order valence-corrected chi connectivity index (χ1v) is 7.36. The van der Waals surface area contributed by atoms with Gasteiger partial charge in [-0.1, -0.05) is 13.8 Å². The van der Waals surface area contributed by atoms with Gasteiger partial charge < -0.3 is 5.32 Å². The molecule has 5 nitrogen and oxygen atoms in total. The Morgan fingerprint density at radius 3 is 2.75 bits per heavy atom. The highest BCUT2D eigenvalue weighted by molar-refractivity contribution is 7.90. The van der Waals surface area contributed by atoms with Gasteiger partial charge in [0.15, 0.2) is 0 Å². The number of aryl methyl sites for hydroxylation is 1. The second-order valence-corrected chi connectivity index (χ2v) is 6.50. The van der Waals surface area contributed by atoms with Crippen molar-refractivity contribution in [2.45, 2.75) is 33.0 Å². The molecular weight excluding hydrogens is 226 g/mol. The van der Waals surface area contributed by atoms with E-state index >= 15 is 0 Å². The zero-order valence-corrected chi connectivity index (χ0v) is 10.8. The molecule has 0 unspecified atom stereocenters. The van der Waals surface area contributed by atoms with Crippen LogP contribution in [0.25, 0.3) is 0 Å². The molecule has 1 aromatic heterocycles. The van der Waals surface area contributed by atoms with E-state index < -0.39 is 9.84 Å². The molecule has 0 amide bonds. The van der Waals surface area contributed by atoms with E-state index in [-0.39, 0.29) is 5.75 Å². The van der Waals surface area contributed by atoms with Gasteiger partial charge in [-0.05, 0) is 6.07 Å². The van der Waals surface area contributed by atoms with E-state index in [1.165, 1.54) is 6.26 Å². The maximum atomic E-state index is 11.0. The molecule has 0 saturated heterocycles. The lowest BCUT2D eigenvalue weighted by atomic mass is 10.3. The lowest BCUT2D eigenvalue weighted by Crippen LogP contribution is -2.22. The predicted octanol–water partition coefficient (Wildman–Crippen LogP) is 0.426. The molecule has 16 heavy (non-hydrogen) atoms. The van der Waals surface area contributed by atoms with Gasteiger partial charge in [0.2, 0.25) is 0 Å². The van der Waals surface area contributed by atoms with Gasteiger partial charge in [-0.25, -0.2) is 8.42 Å². The lowest BCUT2D eigenvalue weighted by molar-refractivity contribution is 0.562. The second-order valence-electron chi connectivity index (χ2n) is 4.24. The van der Waals surface area contributed by atoms with Gasteiger partial charge in [0.1, 0.15) is 9.84 Å². The van der Waals surface area contributed by atoms with Crippen LogP contribution in [0.4, 0.5) is 0 Å². The molecule has 0 aliphatic rings. The Labute approximate surface area is 96.8 Å². The van der Waals surface area contributed by atoms with Crippen molar-refractivity contribution < 1.29 is 8.42 Å². The van der Waals surface area contributed by atoms with Gasteiger partial charge in [-0.15, -0.1) is 0 Å². The molecule has 6 heteroatoms. The normalized spacial score (nSPS) is 12.2. The summed E-state index contributed by atoms with van der Waals surface area (Å²) >= 11 is 0. The topological polar surface area (TPSA) is 64.0 Å². The molecule has 0 atom stereocenters. The highest BCUT2D eigenvalue weighted by atomic mass is 32.2. The van der Waals surface area contributed by atoms with Crippen LogP contribution < -0.4 is 5.32 Å². The number of hydrogen-bond acceptors (Lipinski definition) is 4. The van der Waals surface area contributed by atoms with Crippen LogP contribution in [0.2, 0.25) is 0 Å². The molecule has 0 aromatic carbocycles. The van der Waals surface area contributed by atoms with Crippen molar-refractivity contribution in [2.24, 2.45) is 0 Å². The van der Waals surface area contributed by atoms with Crippen molar-refractivity contribution in [1.82, 2.24) is 15.1 Å². The molecule has 0 radical (unpaired) electrons. The Hall–Kier alpha value is -0.880. The Bertz CT molecular complexity index is 423. The molecule has 0 bridgehead atoms. The Kier molecular flexibility index (Phi) is 4.49. The van der Waals surface area contributed by atoms with Crippen LogP contribution in [-0.2, 0) is 22.9 Å². The first-order chi connectivity index (χ1) is 7.37. The molecule has 0 fully saturated rings. The third kappa shape index (κ3) is 5.27. The summed E-state index contributed by atoms with van der Waals surface area (Å²) < 4.78 is 23.6. The molecule has 1 aromatic rings. The van der Waals surface area contributed by atoms with E-state index in [0.717, 1.165) is 5.69 Å². The minimum absolute atomic E-state index is 0.131. The fourth-order valence-electron chi connectivity index (χ4n) is 1.19. The number of hydrogen-bond donors (Lipinski definition) is 1. The van der Waals surface area contributed by atoms with Crippen LogP contribution >= 0.6 is 0 Å². The van der Waals surface area contributed by atoms with Crippen molar-refractivity contribution in [3.05, 3.63) is 18.0 Å². The van der Waals surface area contributed by atoms with E-state index in [4.69, 9.17) is 0 Å². The summed E-state index contributed by atoms with van der Waals surface area (Å²) in [5.74, 6) is 0.131. The fraction of sp³-hybridized carbons (Fsp3) is 0.700. The van der Waals surface area contributed by atoms with Gasteiger partial charge in [-0.3, -0.25) is 4.68 Å². The van der Waals surface area contributed by atoms with Crippen molar-refractivity contribution in [3.63, 3.8) is 0 Å². The van der Waals surface area contributed by atoms with Crippen LogP contribution in [-0.4, -0.2) is 36.2 Å². The number of aromatic nitrogens is 2. The predicted molar refractivity (Wildman–Crippen MR) is 63.9 cm³/mol. The van der Waals surface area contributed by atoms with Crippen LogP contribution in [0, 0.1) is 0 Å². The molecule has 0 aliphatic carbocycles. The summed E-state index contributed by atoms with van der Waals surface area (Å²) in [6.07, 6.45) is 3.04. The van der Waals surface area contributed by atoms with Gasteiger partial charge >= 0.3 is 0 Å². The molecule has 1 rings (SSSR count). The SMILES string of the molecule is CC(C)NCc1ccn(CCS(C)(=O)=O)n1. The molecule has 92 valence electrons. The van der Waals surface area contributed by atoms with Gasteiger partial charge in [0.25, 0.3) is 0 Å². The Morgan fingerprint density at radius 2 is 2.19 bits per heavy atom. The first kappa shape index (κ1) is 13.2. The van der Waals surface area contributed by atoms with E-state index in [9.17, 15) is 8.42 Å². The Balaban J connectivity index is 2.45. The molecular formula is C10H19N3O2S. The van der Waals surface area contributed by atoms with Crippen molar-refractivity contribution >= 4 is 9.84 Å². The van der Waals surface area contributed by atoms with Gasteiger partial charge in [0, 0.05) is 25.0 Å². The summed E-state index contributed by atoms with van der Waals surface area (Å²) in [5, 5.41) is 7.53. The average Bonchev–Trinajstić information content (AvgIpc) is 2.58. The summed E-state index contributed by atoms with van der Waals surface area (Å²) in [7, 11) is -2.92. The monoisotopic (exact) mass is 245 g/mol. The lowest BCUT2D eigenvalue weighted by Gasteiger charge is -2.05. The summed E-state index contributed by atoms with van der Waals surface area (Å²) in [6.45, 7) is 5.27. The van der Waals surface area contributed by atoms with Crippen molar-refractivity contribution in [3.8, 4) is 0 Å². The maximum Gasteiger partial charge on any atom is 0.149 e. The highest BCUT2D eigenvalue weighted by Crippen LogP contribution is 1.97. The molecule has 0 spiro atoms. The quantitative estimate of drug-likeness (QED) is 0.789. The average molecular weight is 245 g/mol. The Morgan fingerprint density at radius 1 is 1.50 bits per heavy atom. The largest absolute Gasteiger partial charge is 0.309 e. The summed E-state index contributed by atoms with van der Waals surface area (Å²) in [4.78, 5) is 0. The van der Waals surface area contributed by atoms with E-state index in [1.807, 2.05) is 12.3 Å². The number of rotatable bonds is 6. The third-order valence-electron chi connectivity index (χ3n) is 2.08. The van der Waals surface area contributed by atoms with E-state index in [0.29, 0.717) is 19.1 Å². The smallest absolute Gasteiger partial charge is 0.149 e. The fourth-order valence-corrected chi connectivity index (χ4v) is 1.71. The number of sulfone groups is 1. The summed E-state index contributed by atoms with van der Waals surface area (Å²) in [5.41, 5.74) is 0.933. The zero-order chi connectivity index (χ0) is 12.2. The molecule has 1 N–H and O–H groups in total. The molecule has 0 aliphatic heterocycles. The van der Waals surface area contributed by atoms with Crippen LogP contribution in [0.3, 0.4) is 0 Å². The van der Waals surface area contributed by atoms with E-state index in [2.05, 4.69) is 24.3 Å². The van der Waals surface area contributed by atoms with Crippen LogP contribution in [0.5, 0.6) is 0 Å². The zero-order valence-electron chi connectivity index (χ0n) is 9.97. The minimum atomic E-state index is -2.92. The van der Waals surface area contributed by atoms with Crippen molar-refractivity contribution in [2.75, 3.05) is 12.0 Å². The van der Waals surface area contributed by atoms with E-state index in [1.54, 1.807) is 4.68 Å². The number of nitrogens with one attached hydrogen (secondary N) is 1. The first-order valence-electron chi connectivity index (χ1n) is 5.30. The third-order valence-corrected chi connectivity index (χ3v) is 3.00. The summed E-state index contributed by atoms with van der Waals surface area (Å²) in [6, 6.07) is 2.32. The highest BCUT2D eigenvalue weighted by Gasteiger charge is 2.04. The van der Waals surface area contributed by atoms with Crippen LogP contribution in [0.15, 0.2) is 12.3 Å². The maximum absolute atomic E-state index is 11.0. The van der Waals surface area contributed by atoms with Gasteiger partial charge in [-0.2, -0.15) is 5.10 Å². The van der Waals surface area contributed by atoms with Gasteiger partial charge in [0.05, 0.1) is 18.0 Å². The standard InChI is InChI=1S/C10H19N3O2S/c1-9(2)11-8-10-4-5-13(12-10)6-7-16(3,14)15/h4-5,9,11H,6-8H2,1-3H3. The second kappa shape index (κ2) is 5.45. The number of nitrogens with zero attached hydrogens (tertiary/aromatic N) is 2. The van der Waals surface area contributed by atoms with Crippen LogP contribution in [0.1, 0.15) is 19.5 Å². The molecule has 1 heterocycles.